The van der Waals surface area contributed by atoms with E-state index in [-0.39, 0.29) is 0 Å². The fourth-order valence-electron chi connectivity index (χ4n) is 7.32. The molecule has 0 N–H and O–H groups in total. The Labute approximate surface area is 354 Å². The van der Waals surface area contributed by atoms with Gasteiger partial charge in [-0.2, -0.15) is 0 Å². The SMILES string of the molecule is c1ccc(-c2nc(-c3ccccc3)nc(-c3ccc(Oc4ccc(-c5cc(-c6ccc(-c7ccccn7)cc6)cc(-c6ccc(-c7ccccn7)cc6)c5)cc4)cc3)n2)cc1. The largest absolute Gasteiger partial charge is 0.457 e. The summed E-state index contributed by atoms with van der Waals surface area (Å²) in [5.41, 5.74) is 13.5. The zero-order valence-corrected chi connectivity index (χ0v) is 33.0. The molecule has 6 heteroatoms. The molecule has 0 radical (unpaired) electrons. The fraction of sp³-hybridized carbons (Fsp3) is 0. The van der Waals surface area contributed by atoms with Crippen LogP contribution in [-0.4, -0.2) is 24.9 Å². The Morgan fingerprint density at radius 2 is 0.557 bits per heavy atom. The van der Waals surface area contributed by atoms with Crippen molar-refractivity contribution < 1.29 is 4.74 Å². The van der Waals surface area contributed by atoms with Crippen molar-refractivity contribution in [2.75, 3.05) is 0 Å². The zero-order valence-electron chi connectivity index (χ0n) is 33.0. The van der Waals surface area contributed by atoms with Crippen molar-refractivity contribution in [3.63, 3.8) is 0 Å². The molecular formula is C55H37N5O. The van der Waals surface area contributed by atoms with Gasteiger partial charge in [-0.15, -0.1) is 0 Å². The molecular weight excluding hydrogens is 747 g/mol. The quantitative estimate of drug-likeness (QED) is 0.138. The highest BCUT2D eigenvalue weighted by atomic mass is 16.5. The summed E-state index contributed by atoms with van der Waals surface area (Å²) in [7, 11) is 0. The Balaban J connectivity index is 0.927. The highest BCUT2D eigenvalue weighted by molar-refractivity contribution is 5.82. The first kappa shape index (κ1) is 37.0. The molecule has 0 aliphatic carbocycles. The summed E-state index contributed by atoms with van der Waals surface area (Å²) in [6, 6.07) is 72.1. The maximum absolute atomic E-state index is 6.36. The standard InChI is InChI=1S/C55H37N5O/c1-3-11-43(12-4-1)53-58-54(44-13-5-2-6-14-44)60-55(59-53)45-27-31-50(32-28-45)61-49-29-25-40(26-30-49)48-36-46(38-17-21-41(22-18-38)51-15-7-9-33-56-51)35-47(37-48)39-19-23-42(24-20-39)52-16-8-10-34-57-52/h1-37H. The summed E-state index contributed by atoms with van der Waals surface area (Å²) in [4.78, 5) is 23.6. The first-order valence-corrected chi connectivity index (χ1v) is 20.1. The van der Waals surface area contributed by atoms with E-state index in [0.29, 0.717) is 23.2 Å². The van der Waals surface area contributed by atoms with Gasteiger partial charge in [0.15, 0.2) is 17.5 Å². The number of hydrogen-bond donors (Lipinski definition) is 0. The average molecular weight is 784 g/mol. The number of nitrogens with zero attached hydrogens (tertiary/aromatic N) is 5. The van der Waals surface area contributed by atoms with Gasteiger partial charge in [0.25, 0.3) is 0 Å². The smallest absolute Gasteiger partial charge is 0.164 e. The second kappa shape index (κ2) is 16.9. The maximum Gasteiger partial charge on any atom is 0.164 e. The van der Waals surface area contributed by atoms with Gasteiger partial charge in [-0.3, -0.25) is 9.97 Å². The van der Waals surface area contributed by atoms with Gasteiger partial charge >= 0.3 is 0 Å². The highest BCUT2D eigenvalue weighted by Gasteiger charge is 2.14. The molecule has 0 amide bonds. The Kier molecular flexibility index (Phi) is 10.2. The predicted octanol–water partition coefficient (Wildman–Crippen LogP) is 13.8. The molecule has 3 aromatic heterocycles. The fourth-order valence-corrected chi connectivity index (χ4v) is 7.32. The Bertz CT molecular complexity index is 2880. The van der Waals surface area contributed by atoms with Gasteiger partial charge in [-0.05, 0) is 112 Å². The summed E-state index contributed by atoms with van der Waals surface area (Å²) in [5, 5.41) is 0. The summed E-state index contributed by atoms with van der Waals surface area (Å²) in [5.74, 6) is 3.29. The lowest BCUT2D eigenvalue weighted by molar-refractivity contribution is 0.483. The lowest BCUT2D eigenvalue weighted by Crippen LogP contribution is -2.00. The zero-order chi connectivity index (χ0) is 40.8. The predicted molar refractivity (Wildman–Crippen MR) is 245 cm³/mol. The minimum Gasteiger partial charge on any atom is -0.457 e. The summed E-state index contributed by atoms with van der Waals surface area (Å²) >= 11 is 0. The topological polar surface area (TPSA) is 73.7 Å². The van der Waals surface area contributed by atoms with Gasteiger partial charge in [0, 0.05) is 40.2 Å². The van der Waals surface area contributed by atoms with E-state index >= 15 is 0 Å². The molecule has 0 bridgehead atoms. The van der Waals surface area contributed by atoms with Gasteiger partial charge in [0.1, 0.15) is 11.5 Å². The van der Waals surface area contributed by atoms with Crippen LogP contribution >= 0.6 is 0 Å². The van der Waals surface area contributed by atoms with Crippen LogP contribution in [0.1, 0.15) is 0 Å². The summed E-state index contributed by atoms with van der Waals surface area (Å²) in [6.45, 7) is 0. The molecule has 61 heavy (non-hydrogen) atoms. The first-order valence-electron chi connectivity index (χ1n) is 20.1. The number of benzene rings is 7. The van der Waals surface area contributed by atoms with Crippen LogP contribution in [0.5, 0.6) is 11.5 Å². The van der Waals surface area contributed by atoms with Crippen LogP contribution in [0.4, 0.5) is 0 Å². The second-order valence-corrected chi connectivity index (χ2v) is 14.6. The van der Waals surface area contributed by atoms with Gasteiger partial charge in [-0.25, -0.2) is 15.0 Å². The molecule has 3 heterocycles. The van der Waals surface area contributed by atoms with Gasteiger partial charge < -0.3 is 4.74 Å². The van der Waals surface area contributed by atoms with Crippen LogP contribution in [0.3, 0.4) is 0 Å². The number of ether oxygens (including phenoxy) is 1. The molecule has 0 saturated heterocycles. The van der Waals surface area contributed by atoms with Crippen LogP contribution in [0.25, 0.3) is 90.1 Å². The first-order chi connectivity index (χ1) is 30.2. The van der Waals surface area contributed by atoms with E-state index in [2.05, 4.69) is 88.8 Å². The van der Waals surface area contributed by atoms with E-state index in [1.807, 2.05) is 146 Å². The van der Waals surface area contributed by atoms with Gasteiger partial charge in [-0.1, -0.05) is 133 Å². The Hall–Kier alpha value is -8.35. The third-order valence-electron chi connectivity index (χ3n) is 10.5. The molecule has 0 spiro atoms. The second-order valence-electron chi connectivity index (χ2n) is 14.6. The lowest BCUT2D eigenvalue weighted by atomic mass is 9.92. The van der Waals surface area contributed by atoms with Crippen molar-refractivity contribution in [2.45, 2.75) is 0 Å². The van der Waals surface area contributed by atoms with E-state index < -0.39 is 0 Å². The minimum atomic E-state index is 0.596. The van der Waals surface area contributed by atoms with Crippen molar-refractivity contribution in [3.8, 4) is 102 Å². The molecule has 6 nitrogen and oxygen atoms in total. The van der Waals surface area contributed by atoms with Gasteiger partial charge in [0.05, 0.1) is 11.4 Å². The molecule has 0 saturated carbocycles. The molecule has 7 aromatic carbocycles. The summed E-state index contributed by atoms with van der Waals surface area (Å²) < 4.78 is 6.36. The Morgan fingerprint density at radius 1 is 0.246 bits per heavy atom. The van der Waals surface area contributed by atoms with Crippen molar-refractivity contribution >= 4 is 0 Å². The average Bonchev–Trinajstić information content (AvgIpc) is 3.35. The highest BCUT2D eigenvalue weighted by Crippen LogP contribution is 2.36. The Morgan fingerprint density at radius 3 is 0.918 bits per heavy atom. The van der Waals surface area contributed by atoms with Crippen LogP contribution in [0.2, 0.25) is 0 Å². The van der Waals surface area contributed by atoms with Crippen LogP contribution in [0, 0.1) is 0 Å². The van der Waals surface area contributed by atoms with E-state index in [1.54, 1.807) is 0 Å². The van der Waals surface area contributed by atoms with Crippen LogP contribution in [0.15, 0.2) is 225 Å². The third-order valence-corrected chi connectivity index (χ3v) is 10.5. The molecule has 10 rings (SSSR count). The maximum atomic E-state index is 6.36. The van der Waals surface area contributed by atoms with Gasteiger partial charge in [0.2, 0.25) is 0 Å². The van der Waals surface area contributed by atoms with Crippen molar-refractivity contribution in [1.82, 2.24) is 24.9 Å². The van der Waals surface area contributed by atoms with Crippen molar-refractivity contribution in [3.05, 3.63) is 225 Å². The molecule has 288 valence electrons. The lowest BCUT2D eigenvalue weighted by Gasteiger charge is -2.13. The van der Waals surface area contributed by atoms with E-state index in [1.165, 1.54) is 0 Å². The van der Waals surface area contributed by atoms with E-state index in [9.17, 15) is 0 Å². The normalized spacial score (nSPS) is 11.0. The number of hydrogen-bond acceptors (Lipinski definition) is 6. The number of rotatable bonds is 10. The molecule has 0 aliphatic heterocycles. The van der Waals surface area contributed by atoms with Crippen LogP contribution < -0.4 is 4.74 Å². The summed E-state index contributed by atoms with van der Waals surface area (Å²) in [6.07, 6.45) is 3.65. The molecule has 0 atom stereocenters. The molecule has 0 unspecified atom stereocenters. The van der Waals surface area contributed by atoms with Crippen molar-refractivity contribution in [1.29, 1.82) is 0 Å². The minimum absolute atomic E-state index is 0.596. The number of aromatic nitrogens is 5. The third kappa shape index (κ3) is 8.33. The molecule has 10 aromatic rings. The van der Waals surface area contributed by atoms with E-state index in [4.69, 9.17) is 19.7 Å². The number of pyridine rings is 2. The monoisotopic (exact) mass is 783 g/mol. The van der Waals surface area contributed by atoms with Crippen LogP contribution in [-0.2, 0) is 0 Å². The van der Waals surface area contributed by atoms with E-state index in [0.717, 1.165) is 78.3 Å². The van der Waals surface area contributed by atoms with Crippen molar-refractivity contribution in [2.24, 2.45) is 0 Å². The molecule has 0 aliphatic rings. The molecule has 0 fully saturated rings.